The fourth-order valence-electron chi connectivity index (χ4n) is 3.32. The highest BCUT2D eigenvalue weighted by Gasteiger charge is 2.26. The molecule has 2 aromatic carbocycles. The Balaban J connectivity index is 1.44. The number of nitrogens with zero attached hydrogens (tertiary/aromatic N) is 2. The Morgan fingerprint density at radius 2 is 1.88 bits per heavy atom. The molecule has 1 fully saturated rings. The second kappa shape index (κ2) is 9.76. The van der Waals surface area contributed by atoms with Gasteiger partial charge in [-0.15, -0.1) is 11.8 Å². The smallest absolute Gasteiger partial charge is 0.338 e. The zero-order valence-electron chi connectivity index (χ0n) is 17.3. The van der Waals surface area contributed by atoms with Crippen molar-refractivity contribution in [3.63, 3.8) is 0 Å². The highest BCUT2D eigenvalue weighted by Crippen LogP contribution is 2.25. The van der Waals surface area contributed by atoms with Gasteiger partial charge < -0.3 is 9.47 Å². The van der Waals surface area contributed by atoms with Crippen LogP contribution in [-0.2, 0) is 26.1 Å². The molecule has 0 amide bonds. The van der Waals surface area contributed by atoms with Gasteiger partial charge in [0.2, 0.25) is 10.0 Å². The molecule has 168 valence electrons. The number of carbonyl (C=O) groups excluding carboxylic acids is 1. The van der Waals surface area contributed by atoms with Crippen molar-refractivity contribution in [2.75, 3.05) is 32.6 Å². The first kappa shape index (κ1) is 23.0. The minimum absolute atomic E-state index is 0.0429. The predicted molar refractivity (Wildman–Crippen MR) is 124 cm³/mol. The van der Waals surface area contributed by atoms with E-state index in [0.717, 1.165) is 15.8 Å². The molecule has 32 heavy (non-hydrogen) atoms. The number of aromatic nitrogens is 1. The lowest BCUT2D eigenvalue weighted by atomic mass is 10.1. The van der Waals surface area contributed by atoms with Crippen molar-refractivity contribution in [1.29, 1.82) is 0 Å². The van der Waals surface area contributed by atoms with Crippen LogP contribution in [0.25, 0.3) is 10.9 Å². The molecule has 1 aromatic heterocycles. The molecule has 0 radical (unpaired) electrons. The topological polar surface area (TPSA) is 85.8 Å². The second-order valence-electron chi connectivity index (χ2n) is 7.11. The van der Waals surface area contributed by atoms with Crippen LogP contribution in [0.5, 0.6) is 0 Å². The minimum Gasteiger partial charge on any atom is -0.457 e. The monoisotopic (exact) mass is 492 g/mol. The number of rotatable bonds is 6. The number of fused-ring (bicyclic) bond motifs is 1. The summed E-state index contributed by atoms with van der Waals surface area (Å²) in [4.78, 5) is 18.1. The maximum atomic E-state index is 12.7. The van der Waals surface area contributed by atoms with Gasteiger partial charge in [-0.25, -0.2) is 18.2 Å². The first-order valence-electron chi connectivity index (χ1n) is 9.87. The van der Waals surface area contributed by atoms with Crippen molar-refractivity contribution in [1.82, 2.24) is 9.29 Å². The number of benzene rings is 2. The number of hydrogen-bond donors (Lipinski definition) is 0. The normalized spacial score (nSPS) is 15.1. The lowest BCUT2D eigenvalue weighted by Crippen LogP contribution is -2.40. The van der Waals surface area contributed by atoms with E-state index < -0.39 is 16.0 Å². The maximum Gasteiger partial charge on any atom is 0.338 e. The Morgan fingerprint density at radius 3 is 2.56 bits per heavy atom. The summed E-state index contributed by atoms with van der Waals surface area (Å²) in [5, 5.41) is 1.17. The van der Waals surface area contributed by atoms with E-state index in [1.165, 1.54) is 28.6 Å². The Labute approximate surface area is 195 Å². The van der Waals surface area contributed by atoms with Crippen molar-refractivity contribution in [3.8, 4) is 0 Å². The number of sulfonamides is 1. The van der Waals surface area contributed by atoms with Gasteiger partial charge in [0, 0.05) is 28.9 Å². The van der Waals surface area contributed by atoms with E-state index in [-0.39, 0.29) is 22.2 Å². The van der Waals surface area contributed by atoms with Crippen molar-refractivity contribution in [2.24, 2.45) is 0 Å². The molecule has 0 bridgehead atoms. The van der Waals surface area contributed by atoms with Crippen LogP contribution in [-0.4, -0.2) is 56.2 Å². The summed E-state index contributed by atoms with van der Waals surface area (Å²) in [6, 6.07) is 13.5. The van der Waals surface area contributed by atoms with Crippen LogP contribution < -0.4 is 0 Å². The number of carbonyl (C=O) groups is 1. The summed E-state index contributed by atoms with van der Waals surface area (Å²) in [5.41, 5.74) is 1.62. The van der Waals surface area contributed by atoms with Gasteiger partial charge in [0.1, 0.15) is 11.8 Å². The van der Waals surface area contributed by atoms with Crippen molar-refractivity contribution in [3.05, 3.63) is 64.8 Å². The minimum atomic E-state index is -3.62. The summed E-state index contributed by atoms with van der Waals surface area (Å²) in [7, 11) is -3.62. The standard InChI is InChI=1S/C22H21ClN2O5S2/c1-31-18-5-2-16-12-17(21(23)24-20(16)13-18)14-30-22(26)15-3-6-19(7-4-15)32(27,28)25-8-10-29-11-9-25/h2-7,12-13H,8-11,14H2,1H3. The molecule has 0 saturated carbocycles. The van der Waals surface area contributed by atoms with Crippen LogP contribution in [0.15, 0.2) is 58.3 Å². The molecular weight excluding hydrogens is 472 g/mol. The molecule has 0 aliphatic carbocycles. The van der Waals surface area contributed by atoms with E-state index in [0.29, 0.717) is 31.9 Å². The number of pyridine rings is 1. The average Bonchev–Trinajstić information content (AvgIpc) is 2.82. The molecule has 4 rings (SSSR count). The lowest BCUT2D eigenvalue weighted by molar-refractivity contribution is 0.0472. The second-order valence-corrected chi connectivity index (χ2v) is 10.3. The molecule has 1 aliphatic rings. The highest BCUT2D eigenvalue weighted by atomic mass is 35.5. The maximum absolute atomic E-state index is 12.7. The van der Waals surface area contributed by atoms with Crippen LogP contribution in [0.2, 0.25) is 5.15 Å². The zero-order valence-corrected chi connectivity index (χ0v) is 19.7. The van der Waals surface area contributed by atoms with E-state index in [2.05, 4.69) is 4.98 Å². The third kappa shape index (κ3) is 4.92. The third-order valence-corrected chi connectivity index (χ3v) is 8.07. The van der Waals surface area contributed by atoms with Crippen molar-refractivity contribution in [2.45, 2.75) is 16.4 Å². The summed E-state index contributed by atoms with van der Waals surface area (Å²) < 4.78 is 37.4. The molecule has 1 aliphatic heterocycles. The SMILES string of the molecule is CSc1ccc2cc(COC(=O)c3ccc(S(=O)(=O)N4CCOCC4)cc3)c(Cl)nc2c1. The van der Waals surface area contributed by atoms with E-state index in [1.54, 1.807) is 11.8 Å². The number of morpholine rings is 1. The largest absolute Gasteiger partial charge is 0.457 e. The molecule has 0 atom stereocenters. The first-order chi connectivity index (χ1) is 15.4. The fourth-order valence-corrected chi connectivity index (χ4v) is 5.36. The van der Waals surface area contributed by atoms with Gasteiger partial charge in [0.05, 0.1) is 29.2 Å². The fraction of sp³-hybridized carbons (Fsp3) is 0.273. The van der Waals surface area contributed by atoms with Crippen LogP contribution in [0, 0.1) is 0 Å². The molecule has 3 aromatic rings. The number of halogens is 1. The van der Waals surface area contributed by atoms with Crippen molar-refractivity contribution >= 4 is 50.3 Å². The molecular formula is C22H21ClN2O5S2. The number of esters is 1. The van der Waals surface area contributed by atoms with Crippen LogP contribution >= 0.6 is 23.4 Å². The quantitative estimate of drug-likeness (QED) is 0.292. The Morgan fingerprint density at radius 1 is 1.16 bits per heavy atom. The molecule has 10 heteroatoms. The zero-order chi connectivity index (χ0) is 22.7. The van der Waals surface area contributed by atoms with E-state index in [4.69, 9.17) is 21.1 Å². The number of thioether (sulfide) groups is 1. The molecule has 1 saturated heterocycles. The van der Waals surface area contributed by atoms with Gasteiger partial charge in [-0.1, -0.05) is 17.7 Å². The highest BCUT2D eigenvalue weighted by molar-refractivity contribution is 7.98. The van der Waals surface area contributed by atoms with Crippen LogP contribution in [0.3, 0.4) is 0 Å². The summed E-state index contributed by atoms with van der Waals surface area (Å²) in [5.74, 6) is -0.575. The van der Waals surface area contributed by atoms with Crippen molar-refractivity contribution < 1.29 is 22.7 Å². The summed E-state index contributed by atoms with van der Waals surface area (Å²) >= 11 is 7.90. The molecule has 2 heterocycles. The molecule has 0 unspecified atom stereocenters. The van der Waals surface area contributed by atoms with E-state index in [1.807, 2.05) is 30.5 Å². The van der Waals surface area contributed by atoms with E-state index >= 15 is 0 Å². The Bertz CT molecular complexity index is 1240. The van der Waals surface area contributed by atoms with Gasteiger partial charge in [-0.3, -0.25) is 0 Å². The van der Waals surface area contributed by atoms with Gasteiger partial charge in [0.25, 0.3) is 0 Å². The Hall–Kier alpha value is -2.17. The van der Waals surface area contributed by atoms with Gasteiger partial charge in [0.15, 0.2) is 0 Å². The first-order valence-corrected chi connectivity index (χ1v) is 12.9. The van der Waals surface area contributed by atoms with Gasteiger partial charge >= 0.3 is 5.97 Å². The Kier molecular flexibility index (Phi) is 7.02. The van der Waals surface area contributed by atoms with Gasteiger partial charge in [-0.05, 0) is 48.7 Å². The van der Waals surface area contributed by atoms with Crippen LogP contribution in [0.4, 0.5) is 0 Å². The summed E-state index contributed by atoms with van der Waals surface area (Å²) in [6.07, 6.45) is 1.99. The molecule has 0 spiro atoms. The molecule has 0 N–H and O–H groups in total. The van der Waals surface area contributed by atoms with Crippen LogP contribution in [0.1, 0.15) is 15.9 Å². The third-order valence-electron chi connectivity index (χ3n) is 5.11. The summed E-state index contributed by atoms with van der Waals surface area (Å²) in [6.45, 7) is 1.32. The van der Waals surface area contributed by atoms with E-state index in [9.17, 15) is 13.2 Å². The predicted octanol–water partition coefficient (Wildman–Crippen LogP) is 3.99. The lowest BCUT2D eigenvalue weighted by Gasteiger charge is -2.26. The number of ether oxygens (including phenoxy) is 2. The number of hydrogen-bond acceptors (Lipinski definition) is 7. The molecule has 7 nitrogen and oxygen atoms in total. The average molecular weight is 493 g/mol. The van der Waals surface area contributed by atoms with Gasteiger partial charge in [-0.2, -0.15) is 4.31 Å².